The Morgan fingerprint density at radius 1 is 1.56 bits per heavy atom. The number of benzene rings is 1. The minimum atomic E-state index is -0.961. The molecule has 0 aliphatic carbocycles. The molecule has 1 fully saturated rings. The molecule has 7 heteroatoms. The average molecular weight is 271 g/mol. The molecule has 0 aromatic heterocycles. The lowest BCUT2D eigenvalue weighted by Gasteiger charge is -2.23. The molecular formula is C11H11ClN2O4. The predicted molar refractivity (Wildman–Crippen MR) is 66.1 cm³/mol. The number of carboxylic acids is 1. The maximum absolute atomic E-state index is 11.1. The first-order valence-electron chi connectivity index (χ1n) is 5.44. The summed E-state index contributed by atoms with van der Waals surface area (Å²) >= 11 is 5.73. The minimum absolute atomic E-state index is 0.157. The van der Waals surface area contributed by atoms with E-state index in [2.05, 4.69) is 0 Å². The SMILES string of the molecule is O=C(O)[C@@H]1CCCN1c1ccc(Cl)cc1[N+](=O)[O-]. The fraction of sp³-hybridized carbons (Fsp3) is 0.364. The number of aliphatic carboxylic acids is 1. The van der Waals surface area contributed by atoms with Crippen molar-refractivity contribution in [2.45, 2.75) is 18.9 Å². The number of hydrogen-bond donors (Lipinski definition) is 1. The van der Waals surface area contributed by atoms with Gasteiger partial charge in [0.1, 0.15) is 11.7 Å². The molecule has 0 radical (unpaired) electrons. The Kier molecular flexibility index (Phi) is 3.38. The normalized spacial score (nSPS) is 18.9. The molecule has 1 N–H and O–H groups in total. The van der Waals surface area contributed by atoms with E-state index in [1.807, 2.05) is 0 Å². The molecule has 1 aromatic carbocycles. The molecule has 1 heterocycles. The Hall–Kier alpha value is -1.82. The van der Waals surface area contributed by atoms with Crippen LogP contribution in [0.4, 0.5) is 11.4 Å². The number of carboxylic acid groups (broad SMARTS) is 1. The van der Waals surface area contributed by atoms with Crippen LogP contribution in [-0.2, 0) is 4.79 Å². The molecule has 1 saturated heterocycles. The summed E-state index contributed by atoms with van der Waals surface area (Å²) in [6.07, 6.45) is 1.20. The summed E-state index contributed by atoms with van der Waals surface area (Å²) in [6, 6.07) is 3.57. The molecule has 1 aliphatic rings. The van der Waals surface area contributed by atoms with E-state index in [0.29, 0.717) is 25.1 Å². The highest BCUT2D eigenvalue weighted by Crippen LogP contribution is 2.35. The van der Waals surface area contributed by atoms with Gasteiger partial charge in [0.05, 0.1) is 4.92 Å². The highest BCUT2D eigenvalue weighted by atomic mass is 35.5. The van der Waals surface area contributed by atoms with E-state index in [1.165, 1.54) is 18.2 Å². The molecule has 6 nitrogen and oxygen atoms in total. The Morgan fingerprint density at radius 3 is 2.89 bits per heavy atom. The van der Waals surface area contributed by atoms with Crippen LogP contribution in [0, 0.1) is 10.1 Å². The molecular weight excluding hydrogens is 260 g/mol. The van der Waals surface area contributed by atoms with E-state index in [4.69, 9.17) is 16.7 Å². The van der Waals surface area contributed by atoms with Crippen LogP contribution in [0.1, 0.15) is 12.8 Å². The van der Waals surface area contributed by atoms with Crippen LogP contribution in [-0.4, -0.2) is 28.6 Å². The zero-order chi connectivity index (χ0) is 13.3. The maximum atomic E-state index is 11.1. The van der Waals surface area contributed by atoms with Crippen molar-refractivity contribution in [1.29, 1.82) is 0 Å². The van der Waals surface area contributed by atoms with Crippen molar-refractivity contribution >= 4 is 28.9 Å². The minimum Gasteiger partial charge on any atom is -0.480 e. The number of rotatable bonds is 3. The number of nitro groups is 1. The van der Waals surface area contributed by atoms with Crippen molar-refractivity contribution in [3.05, 3.63) is 33.3 Å². The number of anilines is 1. The first-order chi connectivity index (χ1) is 8.50. The van der Waals surface area contributed by atoms with Crippen molar-refractivity contribution in [3.63, 3.8) is 0 Å². The Balaban J connectivity index is 2.44. The molecule has 2 rings (SSSR count). The topological polar surface area (TPSA) is 83.7 Å². The van der Waals surface area contributed by atoms with Crippen molar-refractivity contribution in [2.24, 2.45) is 0 Å². The van der Waals surface area contributed by atoms with Gasteiger partial charge in [-0.1, -0.05) is 11.6 Å². The first kappa shape index (κ1) is 12.6. The second kappa shape index (κ2) is 4.81. The van der Waals surface area contributed by atoms with Gasteiger partial charge in [-0.3, -0.25) is 10.1 Å². The molecule has 96 valence electrons. The number of halogens is 1. The van der Waals surface area contributed by atoms with Gasteiger partial charge in [-0.25, -0.2) is 4.79 Å². The van der Waals surface area contributed by atoms with Crippen LogP contribution in [0.25, 0.3) is 0 Å². The summed E-state index contributed by atoms with van der Waals surface area (Å²) < 4.78 is 0. The average Bonchev–Trinajstić information content (AvgIpc) is 2.77. The molecule has 0 amide bonds. The lowest BCUT2D eigenvalue weighted by Crippen LogP contribution is -2.36. The number of nitro benzene ring substituents is 1. The van der Waals surface area contributed by atoms with E-state index in [0.717, 1.165) is 0 Å². The third kappa shape index (κ3) is 2.24. The number of carbonyl (C=O) groups is 1. The summed E-state index contributed by atoms with van der Waals surface area (Å²) in [5, 5.41) is 20.3. The third-order valence-electron chi connectivity index (χ3n) is 2.98. The maximum Gasteiger partial charge on any atom is 0.326 e. The smallest absolute Gasteiger partial charge is 0.326 e. The number of hydrogen-bond acceptors (Lipinski definition) is 4. The summed E-state index contributed by atoms with van der Waals surface area (Å²) in [4.78, 5) is 23.1. The third-order valence-corrected chi connectivity index (χ3v) is 3.22. The summed E-state index contributed by atoms with van der Waals surface area (Å²) in [5.74, 6) is -0.961. The second-order valence-corrected chi connectivity index (χ2v) is 4.52. The van der Waals surface area contributed by atoms with Crippen LogP contribution in [0.5, 0.6) is 0 Å². The van der Waals surface area contributed by atoms with E-state index in [-0.39, 0.29) is 10.7 Å². The molecule has 0 bridgehead atoms. The van der Waals surface area contributed by atoms with Gasteiger partial charge in [0.2, 0.25) is 0 Å². The Bertz CT molecular complexity index is 506. The molecule has 1 aliphatic heterocycles. The lowest BCUT2D eigenvalue weighted by atomic mass is 10.2. The zero-order valence-corrected chi connectivity index (χ0v) is 10.1. The fourth-order valence-corrected chi connectivity index (χ4v) is 2.36. The predicted octanol–water partition coefficient (Wildman–Crippen LogP) is 2.30. The standard InChI is InChI=1S/C11H11ClN2O4/c12-7-3-4-8(10(6-7)14(17)18)13-5-1-2-9(13)11(15)16/h3-4,6,9H,1-2,5H2,(H,15,16)/t9-/m0/s1. The molecule has 0 saturated carbocycles. The Labute approximate surface area is 108 Å². The van der Waals surface area contributed by atoms with Gasteiger partial charge in [-0.05, 0) is 25.0 Å². The Morgan fingerprint density at radius 2 is 2.28 bits per heavy atom. The van der Waals surface area contributed by atoms with Crippen LogP contribution in [0.15, 0.2) is 18.2 Å². The van der Waals surface area contributed by atoms with Crippen molar-refractivity contribution in [2.75, 3.05) is 11.4 Å². The highest BCUT2D eigenvalue weighted by molar-refractivity contribution is 6.30. The van der Waals surface area contributed by atoms with Crippen molar-refractivity contribution in [1.82, 2.24) is 0 Å². The van der Waals surface area contributed by atoms with Gasteiger partial charge < -0.3 is 10.0 Å². The fourth-order valence-electron chi connectivity index (χ4n) is 2.20. The van der Waals surface area contributed by atoms with Crippen molar-refractivity contribution < 1.29 is 14.8 Å². The zero-order valence-electron chi connectivity index (χ0n) is 9.38. The first-order valence-corrected chi connectivity index (χ1v) is 5.82. The van der Waals surface area contributed by atoms with Crippen LogP contribution in [0.2, 0.25) is 5.02 Å². The molecule has 1 atom stereocenters. The van der Waals surface area contributed by atoms with Crippen molar-refractivity contribution in [3.8, 4) is 0 Å². The van der Waals surface area contributed by atoms with Gasteiger partial charge >= 0.3 is 5.97 Å². The summed E-state index contributed by atoms with van der Waals surface area (Å²) in [6.45, 7) is 0.499. The second-order valence-electron chi connectivity index (χ2n) is 4.08. The molecule has 1 aromatic rings. The van der Waals surface area contributed by atoms with Gasteiger partial charge in [0, 0.05) is 17.6 Å². The largest absolute Gasteiger partial charge is 0.480 e. The lowest BCUT2D eigenvalue weighted by molar-refractivity contribution is -0.384. The van der Waals surface area contributed by atoms with Crippen LogP contribution < -0.4 is 4.90 Å². The van der Waals surface area contributed by atoms with Crippen LogP contribution in [0.3, 0.4) is 0 Å². The molecule has 18 heavy (non-hydrogen) atoms. The van der Waals surface area contributed by atoms with E-state index >= 15 is 0 Å². The van der Waals surface area contributed by atoms with Gasteiger partial charge in [0.25, 0.3) is 5.69 Å². The number of nitrogens with zero attached hydrogens (tertiary/aromatic N) is 2. The van der Waals surface area contributed by atoms with Gasteiger partial charge in [-0.15, -0.1) is 0 Å². The van der Waals surface area contributed by atoms with E-state index in [9.17, 15) is 14.9 Å². The molecule has 0 spiro atoms. The highest BCUT2D eigenvalue weighted by Gasteiger charge is 2.34. The molecule has 0 unspecified atom stereocenters. The quantitative estimate of drug-likeness (QED) is 0.673. The summed E-state index contributed by atoms with van der Waals surface area (Å²) in [5.41, 5.74) is 0.157. The van der Waals surface area contributed by atoms with Gasteiger partial charge in [0.15, 0.2) is 0 Å². The van der Waals surface area contributed by atoms with Gasteiger partial charge in [-0.2, -0.15) is 0 Å². The van der Waals surface area contributed by atoms with E-state index in [1.54, 1.807) is 4.90 Å². The monoisotopic (exact) mass is 270 g/mol. The van der Waals surface area contributed by atoms with E-state index < -0.39 is 16.9 Å². The summed E-state index contributed by atoms with van der Waals surface area (Å²) in [7, 11) is 0. The van der Waals surface area contributed by atoms with Crippen LogP contribution >= 0.6 is 11.6 Å².